The van der Waals surface area contributed by atoms with Crippen LogP contribution in [0.1, 0.15) is 126 Å². The highest BCUT2D eigenvalue weighted by Crippen LogP contribution is 2.76. The molecule has 0 radical (unpaired) electrons. The van der Waals surface area contributed by atoms with Gasteiger partial charge >= 0.3 is 0 Å². The van der Waals surface area contributed by atoms with Gasteiger partial charge in [0.15, 0.2) is 0 Å². The van der Waals surface area contributed by atoms with Crippen LogP contribution in [0.3, 0.4) is 0 Å². The molecule has 1 nitrogen and oxygen atoms in total. The molecule has 5 aliphatic rings. The zero-order chi connectivity index (χ0) is 22.7. The molecule has 5 rings (SSSR count). The molecule has 0 aromatic rings. The van der Waals surface area contributed by atoms with Crippen molar-refractivity contribution in [2.75, 3.05) is 0 Å². The molecule has 0 unspecified atom stereocenters. The first-order valence-corrected chi connectivity index (χ1v) is 13.6. The van der Waals surface area contributed by atoms with E-state index in [1.165, 1.54) is 63.4 Å². The van der Waals surface area contributed by atoms with Crippen molar-refractivity contribution in [2.45, 2.75) is 132 Å². The third-order valence-electron chi connectivity index (χ3n) is 12.8. The number of aliphatic hydroxyl groups is 1. The quantitative estimate of drug-likeness (QED) is 0.386. The number of aliphatic hydroxyl groups excluding tert-OH is 1. The molecule has 0 aromatic carbocycles. The normalized spacial score (nSPS) is 53.1. The van der Waals surface area contributed by atoms with Crippen LogP contribution >= 0.6 is 0 Å². The van der Waals surface area contributed by atoms with Crippen molar-refractivity contribution < 1.29 is 5.11 Å². The minimum Gasteiger partial charge on any atom is -0.389 e. The molecule has 0 heterocycles. The second kappa shape index (κ2) is 6.43. The van der Waals surface area contributed by atoms with E-state index in [9.17, 15) is 5.11 Å². The van der Waals surface area contributed by atoms with Crippen LogP contribution in [0.15, 0.2) is 11.1 Å². The van der Waals surface area contributed by atoms with Crippen LogP contribution in [0, 0.1) is 44.3 Å². The van der Waals surface area contributed by atoms with E-state index in [1.807, 2.05) is 0 Å². The summed E-state index contributed by atoms with van der Waals surface area (Å²) in [5.41, 5.74) is 5.53. The van der Waals surface area contributed by atoms with Gasteiger partial charge in [0.1, 0.15) is 0 Å². The highest BCUT2D eigenvalue weighted by molar-refractivity contribution is 5.38. The Bertz CT molecular complexity index is 803. The average molecular weight is 427 g/mol. The van der Waals surface area contributed by atoms with E-state index in [-0.39, 0.29) is 16.9 Å². The Kier molecular flexibility index (Phi) is 4.66. The van der Waals surface area contributed by atoms with Crippen molar-refractivity contribution in [3.05, 3.63) is 11.1 Å². The molecule has 3 fully saturated rings. The summed E-state index contributed by atoms with van der Waals surface area (Å²) >= 11 is 0. The number of hydrogen-bond donors (Lipinski definition) is 1. The highest BCUT2D eigenvalue weighted by Gasteiger charge is 2.68. The molecule has 176 valence electrons. The Morgan fingerprint density at radius 3 is 2.00 bits per heavy atom. The average Bonchev–Trinajstić information content (AvgIpc) is 2.68. The van der Waals surface area contributed by atoms with Crippen molar-refractivity contribution in [3.8, 4) is 0 Å². The first-order valence-electron chi connectivity index (χ1n) is 13.6. The molecule has 1 heteroatoms. The summed E-state index contributed by atoms with van der Waals surface area (Å²) in [6.45, 7) is 20.6. The molecule has 31 heavy (non-hydrogen) atoms. The van der Waals surface area contributed by atoms with E-state index < -0.39 is 0 Å². The third-order valence-corrected chi connectivity index (χ3v) is 12.8. The van der Waals surface area contributed by atoms with Crippen LogP contribution in [0.5, 0.6) is 0 Å². The fourth-order valence-electron chi connectivity index (χ4n) is 10.5. The van der Waals surface area contributed by atoms with Crippen LogP contribution in [0.2, 0.25) is 0 Å². The standard InChI is InChI=1S/C30H50O/c1-25(2)13-14-27(5)15-17-29(7)22-10-9-20-24(21(31)11-12-26(20,3)4)28(22,6)16-18-30(29,8)23(27)19-25/h21-23,31H,9-19H2,1-8H3/t21-,22+,23+,27-,28-,29+,30-/m1/s1. The predicted molar refractivity (Wildman–Crippen MR) is 131 cm³/mol. The highest BCUT2D eigenvalue weighted by atomic mass is 16.3. The largest absolute Gasteiger partial charge is 0.389 e. The Hall–Kier alpha value is -0.300. The van der Waals surface area contributed by atoms with Crippen molar-refractivity contribution >= 4 is 0 Å². The van der Waals surface area contributed by atoms with Gasteiger partial charge in [-0.2, -0.15) is 0 Å². The molecule has 0 aromatic heterocycles. The van der Waals surface area contributed by atoms with Gasteiger partial charge in [-0.3, -0.25) is 0 Å². The lowest BCUT2D eigenvalue weighted by Crippen LogP contribution is -2.65. The summed E-state index contributed by atoms with van der Waals surface area (Å²) < 4.78 is 0. The summed E-state index contributed by atoms with van der Waals surface area (Å²) in [7, 11) is 0. The zero-order valence-electron chi connectivity index (χ0n) is 22.0. The minimum absolute atomic E-state index is 0.189. The fourth-order valence-corrected chi connectivity index (χ4v) is 10.5. The van der Waals surface area contributed by atoms with Gasteiger partial charge in [-0.15, -0.1) is 0 Å². The topological polar surface area (TPSA) is 20.2 Å². The summed E-state index contributed by atoms with van der Waals surface area (Å²) in [5, 5.41) is 11.3. The fraction of sp³-hybridized carbons (Fsp3) is 0.933. The maximum Gasteiger partial charge on any atom is 0.0758 e. The smallest absolute Gasteiger partial charge is 0.0758 e. The number of fused-ring (bicyclic) bond motifs is 6. The SMILES string of the molecule is CC1(C)CC[C@]2(C)CC[C@@]3(C)[C@H]4CCC5=C([C@H](O)CCC5(C)C)[C@]4(C)CC[C@]3(C)[C@H]2C1. The summed E-state index contributed by atoms with van der Waals surface area (Å²) in [4.78, 5) is 0. The van der Waals surface area contributed by atoms with Gasteiger partial charge < -0.3 is 5.11 Å². The lowest BCUT2D eigenvalue weighted by atomic mass is 9.32. The number of allylic oxidation sites excluding steroid dienone is 1. The maximum atomic E-state index is 11.3. The molecule has 0 amide bonds. The Morgan fingerprint density at radius 1 is 0.677 bits per heavy atom. The lowest BCUT2D eigenvalue weighted by Gasteiger charge is -2.72. The molecule has 0 bridgehead atoms. The van der Waals surface area contributed by atoms with Crippen LogP contribution in [0.25, 0.3) is 0 Å². The van der Waals surface area contributed by atoms with E-state index in [2.05, 4.69) is 55.4 Å². The van der Waals surface area contributed by atoms with Crippen LogP contribution < -0.4 is 0 Å². The molecule has 0 aliphatic heterocycles. The van der Waals surface area contributed by atoms with Gasteiger partial charge in [0.05, 0.1) is 6.10 Å². The van der Waals surface area contributed by atoms with Crippen molar-refractivity contribution in [1.82, 2.24) is 0 Å². The first kappa shape index (κ1) is 22.5. The second-order valence-corrected chi connectivity index (χ2v) is 15.2. The maximum absolute atomic E-state index is 11.3. The molecule has 1 N–H and O–H groups in total. The van der Waals surface area contributed by atoms with E-state index in [0.717, 1.165) is 24.7 Å². The van der Waals surface area contributed by atoms with Gasteiger partial charge in [0.25, 0.3) is 0 Å². The predicted octanol–water partition coefficient (Wildman–Crippen LogP) is 8.31. The second-order valence-electron chi connectivity index (χ2n) is 15.2. The molecule has 5 aliphatic carbocycles. The molecule has 3 saturated carbocycles. The van der Waals surface area contributed by atoms with Crippen molar-refractivity contribution in [1.29, 1.82) is 0 Å². The third kappa shape index (κ3) is 2.83. The van der Waals surface area contributed by atoms with Crippen LogP contribution in [0.4, 0.5) is 0 Å². The Morgan fingerprint density at radius 2 is 1.29 bits per heavy atom. The van der Waals surface area contributed by atoms with Gasteiger partial charge in [-0.05, 0) is 121 Å². The van der Waals surface area contributed by atoms with Crippen LogP contribution in [-0.4, -0.2) is 11.2 Å². The molecule has 7 atom stereocenters. The zero-order valence-corrected chi connectivity index (χ0v) is 22.0. The van der Waals surface area contributed by atoms with Gasteiger partial charge in [-0.1, -0.05) is 61.0 Å². The molecule has 0 saturated heterocycles. The van der Waals surface area contributed by atoms with Crippen LogP contribution in [-0.2, 0) is 0 Å². The van der Waals surface area contributed by atoms with E-state index >= 15 is 0 Å². The summed E-state index contributed by atoms with van der Waals surface area (Å²) in [6, 6.07) is 0. The van der Waals surface area contributed by atoms with Gasteiger partial charge in [0.2, 0.25) is 0 Å². The first-order chi connectivity index (χ1) is 14.2. The minimum atomic E-state index is -0.189. The lowest BCUT2D eigenvalue weighted by molar-refractivity contribution is -0.219. The van der Waals surface area contributed by atoms with E-state index in [4.69, 9.17) is 0 Å². The van der Waals surface area contributed by atoms with E-state index in [1.54, 1.807) is 5.57 Å². The Labute approximate surface area is 192 Å². The van der Waals surface area contributed by atoms with Crippen molar-refractivity contribution in [3.63, 3.8) is 0 Å². The molecular formula is C30H50O. The number of hydrogen-bond acceptors (Lipinski definition) is 1. The monoisotopic (exact) mass is 426 g/mol. The molecular weight excluding hydrogens is 376 g/mol. The van der Waals surface area contributed by atoms with E-state index in [0.29, 0.717) is 21.7 Å². The van der Waals surface area contributed by atoms with Crippen molar-refractivity contribution in [2.24, 2.45) is 44.3 Å². The van der Waals surface area contributed by atoms with Gasteiger partial charge in [0, 0.05) is 0 Å². The summed E-state index contributed by atoms with van der Waals surface area (Å²) in [5.74, 6) is 1.59. The Balaban J connectivity index is 1.60. The summed E-state index contributed by atoms with van der Waals surface area (Å²) in [6.07, 6.45) is 14.3. The van der Waals surface area contributed by atoms with Gasteiger partial charge in [-0.25, -0.2) is 0 Å². The molecule has 0 spiro atoms. The number of rotatable bonds is 0.